The number of ether oxygens (including phenoxy) is 5. The molecule has 2 aromatic carbocycles. The van der Waals surface area contributed by atoms with Gasteiger partial charge in [-0.3, -0.25) is 19.7 Å². The van der Waals surface area contributed by atoms with Gasteiger partial charge in [-0.15, -0.1) is 0 Å². The molecule has 4 aliphatic heterocycles. The van der Waals surface area contributed by atoms with Gasteiger partial charge in [0.25, 0.3) is 17.5 Å². The van der Waals surface area contributed by atoms with E-state index in [1.165, 1.54) is 58.0 Å². The number of aliphatic hydroxyl groups excluding tert-OH is 1. The number of hydrogen-bond acceptors (Lipinski definition) is 15. The number of nitrogens with zero attached hydrogens (tertiary/aromatic N) is 5. The molecule has 17 nitrogen and oxygen atoms in total. The fourth-order valence-corrected chi connectivity index (χ4v) is 9.57. The second-order valence-corrected chi connectivity index (χ2v) is 17.8. The molecule has 0 saturated carbocycles. The summed E-state index contributed by atoms with van der Waals surface area (Å²) in [6.45, 7) is 11.9. The van der Waals surface area contributed by atoms with E-state index in [0.717, 1.165) is 28.9 Å². The number of aromatic nitrogens is 1. The topological polar surface area (TPSA) is 195 Å². The third-order valence-electron chi connectivity index (χ3n) is 10.8. The van der Waals surface area contributed by atoms with Crippen molar-refractivity contribution < 1.29 is 48.1 Å². The number of nitro groups is 1. The summed E-state index contributed by atoms with van der Waals surface area (Å²) in [5.41, 5.74) is 3.17. The molecule has 3 amide bonds. The van der Waals surface area contributed by atoms with E-state index in [4.69, 9.17) is 23.7 Å². The maximum atomic E-state index is 14.0. The van der Waals surface area contributed by atoms with Crippen LogP contribution in [0.1, 0.15) is 59.7 Å². The fourth-order valence-electron chi connectivity index (χ4n) is 7.71. The molecular weight excluding hydrogens is 829 g/mol. The van der Waals surface area contributed by atoms with Gasteiger partial charge in [0.2, 0.25) is 0 Å². The average Bonchev–Trinajstić information content (AvgIpc) is 3.79. The monoisotopic (exact) mass is 876 g/mol. The quantitative estimate of drug-likeness (QED) is 0.0507. The molecule has 61 heavy (non-hydrogen) atoms. The van der Waals surface area contributed by atoms with E-state index in [2.05, 4.69) is 23.5 Å². The maximum Gasteiger partial charge on any atom is 0.416 e. The summed E-state index contributed by atoms with van der Waals surface area (Å²) in [5.74, 6) is 1.12. The molecular formula is C42H48N6O11S2. The van der Waals surface area contributed by atoms with Crippen LogP contribution in [0.4, 0.5) is 21.9 Å². The lowest BCUT2D eigenvalue weighted by Gasteiger charge is -2.31. The second kappa shape index (κ2) is 18.9. The van der Waals surface area contributed by atoms with Crippen molar-refractivity contribution >= 4 is 56.6 Å². The Hall–Kier alpha value is -5.66. The molecule has 324 valence electrons. The smallest absolute Gasteiger partial charge is 0.416 e. The first-order valence-corrected chi connectivity index (χ1v) is 22.0. The lowest BCUT2D eigenvalue weighted by Crippen LogP contribution is -2.51. The summed E-state index contributed by atoms with van der Waals surface area (Å²) >= 11 is 0. The first-order valence-electron chi connectivity index (χ1n) is 19.8. The van der Waals surface area contributed by atoms with Crippen LogP contribution in [0.15, 0.2) is 71.9 Å². The van der Waals surface area contributed by atoms with Gasteiger partial charge in [0.15, 0.2) is 29.2 Å². The molecule has 5 heterocycles. The van der Waals surface area contributed by atoms with E-state index >= 15 is 0 Å². The summed E-state index contributed by atoms with van der Waals surface area (Å²) < 4.78 is 29.3. The number of amides is 3. The number of rotatable bonds is 16. The van der Waals surface area contributed by atoms with Gasteiger partial charge in [0, 0.05) is 43.1 Å². The van der Waals surface area contributed by atoms with Crippen LogP contribution < -0.4 is 29.2 Å². The molecule has 0 bridgehead atoms. The molecule has 2 fully saturated rings. The number of methoxy groups -OCH3 is 2. The number of pyridine rings is 1. The molecule has 0 aliphatic carbocycles. The Balaban J connectivity index is 0.972. The summed E-state index contributed by atoms with van der Waals surface area (Å²) in [6, 6.07) is 8.79. The zero-order valence-corrected chi connectivity index (χ0v) is 35.8. The van der Waals surface area contributed by atoms with E-state index in [1.807, 2.05) is 17.9 Å². The summed E-state index contributed by atoms with van der Waals surface area (Å²) in [5, 5.41) is 26.4. The van der Waals surface area contributed by atoms with Gasteiger partial charge in [0.1, 0.15) is 17.8 Å². The minimum atomic E-state index is -1.45. The van der Waals surface area contributed by atoms with E-state index in [-0.39, 0.29) is 65.4 Å². The van der Waals surface area contributed by atoms with Crippen LogP contribution in [0.25, 0.3) is 0 Å². The summed E-state index contributed by atoms with van der Waals surface area (Å²) in [7, 11) is 5.64. The zero-order chi connectivity index (χ0) is 43.4. The van der Waals surface area contributed by atoms with Gasteiger partial charge in [-0.1, -0.05) is 35.1 Å². The Morgan fingerprint density at radius 2 is 1.61 bits per heavy atom. The van der Waals surface area contributed by atoms with Crippen molar-refractivity contribution in [1.82, 2.24) is 14.8 Å². The lowest BCUT2D eigenvalue weighted by molar-refractivity contribution is -0.385. The van der Waals surface area contributed by atoms with Crippen LogP contribution in [0.3, 0.4) is 0 Å². The van der Waals surface area contributed by atoms with Crippen LogP contribution in [0.2, 0.25) is 0 Å². The highest BCUT2D eigenvalue weighted by atomic mass is 33.1. The third kappa shape index (κ3) is 9.48. The third-order valence-corrected chi connectivity index (χ3v) is 13.5. The Morgan fingerprint density at radius 3 is 2.28 bits per heavy atom. The Bertz CT molecular complexity index is 2210. The van der Waals surface area contributed by atoms with Gasteiger partial charge in [-0.05, 0) is 68.0 Å². The van der Waals surface area contributed by atoms with Crippen LogP contribution in [-0.2, 0) is 4.74 Å². The molecule has 19 heteroatoms. The van der Waals surface area contributed by atoms with E-state index in [9.17, 15) is 29.6 Å². The SMILES string of the molecule is C=C1CC2C(O)N(C(=O)OC[C@@H](C)SSc3ccc([N+](=O)[O-])cn3)c3cc(OCCCCCOc4cc5c(cc4OC)C(=O)N4CC(=C)C[C@H]4CN5)c(OC)cc3C(=O)N2C1. The minimum absolute atomic E-state index is 0.0495. The highest BCUT2D eigenvalue weighted by Crippen LogP contribution is 2.43. The molecule has 3 aromatic rings. The molecule has 4 atom stereocenters. The predicted molar refractivity (Wildman–Crippen MR) is 230 cm³/mol. The van der Waals surface area contributed by atoms with Crippen LogP contribution in [0, 0.1) is 10.1 Å². The van der Waals surface area contributed by atoms with Crippen molar-refractivity contribution in [3.8, 4) is 23.0 Å². The highest BCUT2D eigenvalue weighted by Gasteiger charge is 2.46. The molecule has 1 aromatic heterocycles. The molecule has 7 rings (SSSR count). The molecule has 2 unspecified atom stereocenters. The summed E-state index contributed by atoms with van der Waals surface area (Å²) in [6.07, 6.45) is 2.01. The van der Waals surface area contributed by atoms with Crippen molar-refractivity contribution in [3.63, 3.8) is 0 Å². The first-order chi connectivity index (χ1) is 29.4. The van der Waals surface area contributed by atoms with Crippen LogP contribution in [-0.4, -0.2) is 120 Å². The number of benzene rings is 2. The second-order valence-electron chi connectivity index (χ2n) is 15.2. The van der Waals surface area contributed by atoms with Crippen molar-refractivity contribution in [2.45, 2.75) is 67.6 Å². The number of aliphatic hydroxyl groups is 1. The number of nitrogens with one attached hydrogen (secondary N) is 1. The number of anilines is 2. The Labute approximate surface area is 360 Å². The van der Waals surface area contributed by atoms with Crippen molar-refractivity contribution in [2.75, 3.05) is 63.9 Å². The van der Waals surface area contributed by atoms with Gasteiger partial charge in [-0.25, -0.2) is 14.7 Å². The van der Waals surface area contributed by atoms with E-state index < -0.39 is 29.2 Å². The molecule has 0 radical (unpaired) electrons. The van der Waals surface area contributed by atoms with E-state index in [1.54, 1.807) is 19.2 Å². The maximum absolute atomic E-state index is 14.0. The number of carbonyl (C=O) groups is 3. The Kier molecular flexibility index (Phi) is 13.5. The standard InChI is InChI=1S/C42H48N6O11S2/c1-24-13-28-20-43-31-17-36(34(55-4)15-29(31)39(49)45(28)21-24)57-11-7-6-8-12-58-37-18-32-30(16-35(37)56-5)40(50)46-22-25(2)14-33(46)41(51)47(32)42(52)59-23-26(3)60-61-38-10-9-27(19-44-38)48(53)54/h9-10,15-19,26,28,33,41,43,51H,1-2,6-8,11-14,20-23H2,3-5H3/t26-,28+,33?,41?/m1/s1. The summed E-state index contributed by atoms with van der Waals surface area (Å²) in [4.78, 5) is 60.2. The number of unbranched alkanes of at least 4 members (excludes halogenated alkanes) is 2. The molecule has 2 N–H and O–H groups in total. The van der Waals surface area contributed by atoms with Crippen molar-refractivity contribution in [3.05, 3.63) is 88.1 Å². The fraction of sp³-hybridized carbons (Fsp3) is 0.429. The molecule has 4 aliphatic rings. The highest BCUT2D eigenvalue weighted by molar-refractivity contribution is 8.76. The average molecular weight is 877 g/mol. The predicted octanol–water partition coefficient (Wildman–Crippen LogP) is 6.71. The van der Waals surface area contributed by atoms with Gasteiger partial charge < -0.3 is 43.9 Å². The van der Waals surface area contributed by atoms with Gasteiger partial charge in [0.05, 0.1) is 66.9 Å². The number of hydrogen-bond donors (Lipinski definition) is 2. The van der Waals surface area contributed by atoms with Crippen LogP contribution >= 0.6 is 21.6 Å². The Morgan fingerprint density at radius 1 is 0.951 bits per heavy atom. The van der Waals surface area contributed by atoms with Crippen molar-refractivity contribution in [2.24, 2.45) is 0 Å². The van der Waals surface area contributed by atoms with Gasteiger partial charge >= 0.3 is 6.09 Å². The van der Waals surface area contributed by atoms with Crippen LogP contribution in [0.5, 0.6) is 23.0 Å². The number of carbonyl (C=O) groups excluding carboxylic acids is 3. The molecule has 0 spiro atoms. The largest absolute Gasteiger partial charge is 0.493 e. The zero-order valence-electron chi connectivity index (χ0n) is 34.1. The minimum Gasteiger partial charge on any atom is -0.493 e. The van der Waals surface area contributed by atoms with E-state index in [0.29, 0.717) is 66.7 Å². The first kappa shape index (κ1) is 43.4. The van der Waals surface area contributed by atoms with Gasteiger partial charge in [-0.2, -0.15) is 0 Å². The van der Waals surface area contributed by atoms with Crippen molar-refractivity contribution in [1.29, 1.82) is 0 Å². The normalized spacial score (nSPS) is 19.8. The lowest BCUT2D eigenvalue weighted by atomic mass is 10.1. The molecule has 2 saturated heterocycles. The number of fused-ring (bicyclic) bond motifs is 4.